The lowest BCUT2D eigenvalue weighted by Gasteiger charge is -2.38. The third kappa shape index (κ3) is 27.3. The van der Waals surface area contributed by atoms with Crippen molar-refractivity contribution in [1.29, 1.82) is 0 Å². The Morgan fingerprint density at radius 2 is 0.805 bits per heavy atom. The zero-order chi connectivity index (χ0) is 29.7. The second-order valence-electron chi connectivity index (χ2n) is 11.7. The largest absolute Gasteiger partial charge is 1.00 e. The van der Waals surface area contributed by atoms with Gasteiger partial charge in [0.2, 0.25) is 0 Å². The molecule has 0 saturated heterocycles. The van der Waals surface area contributed by atoms with E-state index < -0.39 is 18.3 Å². The molecule has 0 aromatic rings. The Morgan fingerprint density at radius 3 is 1.07 bits per heavy atom. The zero-order valence-corrected chi connectivity index (χ0v) is 27.7. The first-order chi connectivity index (χ1) is 19.4. The minimum atomic E-state index is -0.444. The number of hydrogen-bond acceptors (Lipinski definition) is 7. The molecule has 0 rings (SSSR count). The van der Waals surface area contributed by atoms with E-state index in [9.17, 15) is 20.4 Å². The van der Waals surface area contributed by atoms with Gasteiger partial charge in [0.25, 0.3) is 0 Å². The first-order valence-corrected chi connectivity index (χ1v) is 16.7. The maximum Gasteiger partial charge on any atom is 0.103 e. The second-order valence-corrected chi connectivity index (χ2v) is 11.7. The number of rotatable bonds is 32. The molecule has 0 spiro atoms. The monoisotopic (exact) mass is 613 g/mol. The average molecular weight is 614 g/mol. The lowest BCUT2D eigenvalue weighted by Crippen LogP contribution is -3.00. The molecule has 3 atom stereocenters. The lowest BCUT2D eigenvalue weighted by atomic mass is 10.1. The van der Waals surface area contributed by atoms with Gasteiger partial charge in [-0.3, -0.25) is 0 Å². The minimum Gasteiger partial charge on any atom is -1.00 e. The molecular formula is C32H68ClNO7. The Kier molecular flexibility index (Phi) is 33.0. The molecule has 0 amide bonds. The first kappa shape index (κ1) is 43.1. The third-order valence-corrected chi connectivity index (χ3v) is 7.81. The molecule has 0 aromatic heterocycles. The second kappa shape index (κ2) is 31.4. The SMILES string of the molecule is CCCCCCC(O)COCC[N+](CCO)(CCOCC(O)CCCCCC)CCOCC(O)CCCCCC.[Cl-]. The van der Waals surface area contributed by atoms with E-state index in [4.69, 9.17) is 14.2 Å². The fourth-order valence-electron chi connectivity index (χ4n) is 4.99. The highest BCUT2D eigenvalue weighted by Gasteiger charge is 2.27. The minimum absolute atomic E-state index is 0. The van der Waals surface area contributed by atoms with Crippen LogP contribution in [0, 0.1) is 0 Å². The van der Waals surface area contributed by atoms with Crippen molar-refractivity contribution >= 4 is 0 Å². The molecule has 4 N–H and O–H groups in total. The van der Waals surface area contributed by atoms with Crippen LogP contribution in [0.1, 0.15) is 117 Å². The van der Waals surface area contributed by atoms with Gasteiger partial charge in [0.15, 0.2) is 0 Å². The number of quaternary nitrogens is 1. The average Bonchev–Trinajstić information content (AvgIpc) is 2.94. The van der Waals surface area contributed by atoms with E-state index in [1.165, 1.54) is 38.5 Å². The fourth-order valence-corrected chi connectivity index (χ4v) is 4.99. The zero-order valence-electron chi connectivity index (χ0n) is 27.0. The summed E-state index contributed by atoms with van der Waals surface area (Å²) in [4.78, 5) is 0. The predicted molar refractivity (Wildman–Crippen MR) is 164 cm³/mol. The number of aliphatic hydroxyl groups is 4. The smallest absolute Gasteiger partial charge is 0.103 e. The van der Waals surface area contributed by atoms with Crippen LogP contribution in [0.15, 0.2) is 0 Å². The summed E-state index contributed by atoms with van der Waals surface area (Å²) in [6.07, 6.45) is 14.6. The normalized spacial score (nSPS) is 15.3. The van der Waals surface area contributed by atoms with Gasteiger partial charge in [-0.1, -0.05) is 97.8 Å². The van der Waals surface area contributed by atoms with E-state index in [0.717, 1.165) is 57.8 Å². The summed E-state index contributed by atoms with van der Waals surface area (Å²) in [6, 6.07) is 0. The quantitative estimate of drug-likeness (QED) is 0.0677. The number of aliphatic hydroxyl groups excluding tert-OH is 4. The summed E-state index contributed by atoms with van der Waals surface area (Å²) in [5.41, 5.74) is 0. The van der Waals surface area contributed by atoms with Crippen molar-refractivity contribution in [3.8, 4) is 0 Å². The van der Waals surface area contributed by atoms with Gasteiger partial charge in [0.05, 0.1) is 64.6 Å². The van der Waals surface area contributed by atoms with E-state index in [2.05, 4.69) is 20.8 Å². The number of nitrogens with zero attached hydrogens (tertiary/aromatic N) is 1. The molecule has 0 bridgehead atoms. The summed E-state index contributed by atoms with van der Waals surface area (Å²) in [7, 11) is 0. The van der Waals surface area contributed by atoms with E-state index in [0.29, 0.717) is 70.3 Å². The van der Waals surface area contributed by atoms with E-state index >= 15 is 0 Å². The molecular weight excluding hydrogens is 546 g/mol. The van der Waals surface area contributed by atoms with Gasteiger partial charge in [-0.2, -0.15) is 0 Å². The van der Waals surface area contributed by atoms with Crippen molar-refractivity contribution < 1.29 is 51.5 Å². The van der Waals surface area contributed by atoms with Crippen molar-refractivity contribution in [3.05, 3.63) is 0 Å². The summed E-state index contributed by atoms with van der Waals surface area (Å²) in [6.45, 7) is 11.6. The van der Waals surface area contributed by atoms with Crippen LogP contribution in [0.5, 0.6) is 0 Å². The molecule has 0 heterocycles. The Hall–Kier alpha value is -0.0300. The van der Waals surface area contributed by atoms with Crippen molar-refractivity contribution in [2.24, 2.45) is 0 Å². The number of ether oxygens (including phenoxy) is 3. The van der Waals surface area contributed by atoms with Crippen molar-refractivity contribution in [2.45, 2.75) is 135 Å². The molecule has 0 aliphatic carbocycles. The van der Waals surface area contributed by atoms with Gasteiger partial charge in [0, 0.05) is 0 Å². The van der Waals surface area contributed by atoms with Gasteiger partial charge in [-0.25, -0.2) is 0 Å². The summed E-state index contributed by atoms with van der Waals surface area (Å²) < 4.78 is 18.2. The number of unbranched alkanes of at least 4 members (excludes halogenated alkanes) is 9. The number of hydrogen-bond donors (Lipinski definition) is 4. The third-order valence-electron chi connectivity index (χ3n) is 7.81. The Bertz CT molecular complexity index is 454. The maximum atomic E-state index is 10.3. The molecule has 0 saturated carbocycles. The van der Waals surface area contributed by atoms with Gasteiger partial charge in [-0.15, -0.1) is 0 Å². The Labute approximate surface area is 259 Å². The standard InChI is InChI=1S/C32H68NO7.ClH/c1-4-7-10-13-16-30(35)27-38-24-20-33(19-23-34,21-25-39-28-31(36)17-14-11-8-5-2)22-26-40-29-32(37)18-15-12-9-6-3;/h30-32,34-37H,4-29H2,1-3H3;1H/q+1;/p-1. The molecule has 0 radical (unpaired) electrons. The molecule has 41 heavy (non-hydrogen) atoms. The molecule has 0 aromatic carbocycles. The molecule has 250 valence electrons. The van der Waals surface area contributed by atoms with E-state index in [1.807, 2.05) is 0 Å². The lowest BCUT2D eigenvalue weighted by molar-refractivity contribution is -0.929. The highest BCUT2D eigenvalue weighted by atomic mass is 35.5. The van der Waals surface area contributed by atoms with Gasteiger partial charge >= 0.3 is 0 Å². The van der Waals surface area contributed by atoms with Crippen molar-refractivity contribution in [1.82, 2.24) is 0 Å². The van der Waals surface area contributed by atoms with Crippen LogP contribution in [0.4, 0.5) is 0 Å². The molecule has 9 heteroatoms. The highest BCUT2D eigenvalue weighted by Crippen LogP contribution is 2.11. The number of halogens is 1. The van der Waals surface area contributed by atoms with Crippen LogP contribution in [-0.2, 0) is 14.2 Å². The molecule has 3 unspecified atom stereocenters. The van der Waals surface area contributed by atoms with Gasteiger partial charge < -0.3 is 51.5 Å². The highest BCUT2D eigenvalue weighted by molar-refractivity contribution is 4.58. The summed E-state index contributed by atoms with van der Waals surface area (Å²) >= 11 is 0. The molecule has 0 fully saturated rings. The summed E-state index contributed by atoms with van der Waals surface area (Å²) in [5, 5.41) is 40.7. The molecule has 0 aliphatic heterocycles. The maximum absolute atomic E-state index is 10.3. The predicted octanol–water partition coefficient (Wildman–Crippen LogP) is 1.84. The Morgan fingerprint density at radius 1 is 0.488 bits per heavy atom. The molecule has 8 nitrogen and oxygen atoms in total. The summed E-state index contributed by atoms with van der Waals surface area (Å²) in [5.74, 6) is 0. The van der Waals surface area contributed by atoms with Crippen LogP contribution in [0.2, 0.25) is 0 Å². The molecule has 0 aliphatic rings. The van der Waals surface area contributed by atoms with Crippen molar-refractivity contribution in [2.75, 3.05) is 72.4 Å². The van der Waals surface area contributed by atoms with Crippen LogP contribution in [0.25, 0.3) is 0 Å². The van der Waals surface area contributed by atoms with Crippen LogP contribution in [-0.4, -0.2) is 116 Å². The topological polar surface area (TPSA) is 109 Å². The van der Waals surface area contributed by atoms with Crippen LogP contribution >= 0.6 is 0 Å². The first-order valence-electron chi connectivity index (χ1n) is 16.7. The van der Waals surface area contributed by atoms with E-state index in [1.54, 1.807) is 0 Å². The van der Waals surface area contributed by atoms with Crippen LogP contribution < -0.4 is 12.4 Å². The van der Waals surface area contributed by atoms with Gasteiger partial charge in [-0.05, 0) is 19.3 Å². The fraction of sp³-hybridized carbons (Fsp3) is 1.00. The Balaban J connectivity index is 0. The van der Waals surface area contributed by atoms with E-state index in [-0.39, 0.29) is 19.0 Å². The van der Waals surface area contributed by atoms with Crippen molar-refractivity contribution in [3.63, 3.8) is 0 Å². The van der Waals surface area contributed by atoms with Crippen LogP contribution in [0.3, 0.4) is 0 Å². The van der Waals surface area contributed by atoms with Gasteiger partial charge in [0.1, 0.15) is 26.2 Å².